The van der Waals surface area contributed by atoms with E-state index < -0.39 is 19.9 Å². The van der Waals surface area contributed by atoms with Crippen molar-refractivity contribution < 1.29 is 16.8 Å². The molecule has 0 aromatic heterocycles. The van der Waals surface area contributed by atoms with E-state index in [0.29, 0.717) is 0 Å². The Balaban J connectivity index is 3.50. The number of benzene rings is 1. The number of hydrazine groups is 1. The van der Waals surface area contributed by atoms with Gasteiger partial charge >= 0.3 is 0 Å². The summed E-state index contributed by atoms with van der Waals surface area (Å²) in [5.74, 6) is 5.21. The van der Waals surface area contributed by atoms with E-state index in [1.807, 2.05) is 0 Å². The Labute approximate surface area is 106 Å². The zero-order valence-corrected chi connectivity index (χ0v) is 11.6. The maximum absolute atomic E-state index is 11.9. The minimum absolute atomic E-state index is 0.0852. The van der Waals surface area contributed by atoms with Crippen LogP contribution in [0.25, 0.3) is 0 Å². The largest absolute Gasteiger partial charge is 0.323 e. The molecule has 0 fully saturated rings. The maximum atomic E-state index is 11.9. The van der Waals surface area contributed by atoms with Gasteiger partial charge in [-0.2, -0.15) is 0 Å². The Hall–Kier alpha value is -1.16. The van der Waals surface area contributed by atoms with E-state index in [-0.39, 0.29) is 22.0 Å². The number of hydrogen-bond donors (Lipinski definition) is 3. The van der Waals surface area contributed by atoms with E-state index in [1.165, 1.54) is 12.1 Å². The lowest BCUT2D eigenvalue weighted by Crippen LogP contribution is -2.25. The summed E-state index contributed by atoms with van der Waals surface area (Å²) < 4.78 is 48.9. The van der Waals surface area contributed by atoms with Crippen LogP contribution < -0.4 is 16.0 Å². The molecule has 1 aromatic rings. The molecule has 0 amide bonds. The van der Waals surface area contributed by atoms with Crippen LogP contribution in [0.15, 0.2) is 28.0 Å². The van der Waals surface area contributed by atoms with Gasteiger partial charge in [0.05, 0.1) is 10.6 Å². The van der Waals surface area contributed by atoms with Gasteiger partial charge in [0.15, 0.2) is 9.84 Å². The number of nitrogen functional groups attached to an aromatic ring is 1. The molecule has 7 nitrogen and oxygen atoms in total. The fourth-order valence-electron chi connectivity index (χ4n) is 1.34. The average molecular weight is 293 g/mol. The standard InChI is InChI=1S/C9H15N3O4S2/c1-3-11-18(15,16)9-6-7(17(2,13)14)4-5-8(9)12-10/h4-6,11-12H,3,10H2,1-2H3. The Bertz CT molecular complexity index is 638. The summed E-state index contributed by atoms with van der Waals surface area (Å²) in [6.45, 7) is 1.81. The zero-order valence-electron chi connectivity index (χ0n) is 9.97. The third-order valence-corrected chi connectivity index (χ3v) is 4.86. The van der Waals surface area contributed by atoms with E-state index >= 15 is 0 Å². The van der Waals surface area contributed by atoms with E-state index in [2.05, 4.69) is 10.1 Å². The Morgan fingerprint density at radius 1 is 1.22 bits per heavy atom. The number of nitrogens with one attached hydrogen (secondary N) is 2. The molecule has 0 bridgehead atoms. The van der Waals surface area contributed by atoms with Crippen LogP contribution >= 0.6 is 0 Å². The highest BCUT2D eigenvalue weighted by atomic mass is 32.2. The van der Waals surface area contributed by atoms with Crippen LogP contribution in [-0.4, -0.2) is 29.6 Å². The molecule has 1 rings (SSSR count). The average Bonchev–Trinajstić information content (AvgIpc) is 2.27. The first-order valence-electron chi connectivity index (χ1n) is 5.02. The molecule has 0 spiro atoms. The van der Waals surface area contributed by atoms with Gasteiger partial charge in [-0.3, -0.25) is 5.84 Å². The van der Waals surface area contributed by atoms with Crippen LogP contribution in [0.2, 0.25) is 0 Å². The van der Waals surface area contributed by atoms with Gasteiger partial charge in [-0.05, 0) is 18.2 Å². The summed E-state index contributed by atoms with van der Waals surface area (Å²) in [6, 6.07) is 3.67. The second kappa shape index (κ2) is 5.22. The second-order valence-electron chi connectivity index (χ2n) is 3.58. The molecule has 9 heteroatoms. The quantitative estimate of drug-likeness (QED) is 0.505. The number of anilines is 1. The first-order valence-corrected chi connectivity index (χ1v) is 8.40. The minimum atomic E-state index is -3.79. The molecule has 0 saturated carbocycles. The highest BCUT2D eigenvalue weighted by molar-refractivity contribution is 7.91. The molecule has 0 unspecified atom stereocenters. The lowest BCUT2D eigenvalue weighted by Gasteiger charge is -2.11. The van der Waals surface area contributed by atoms with E-state index in [9.17, 15) is 16.8 Å². The van der Waals surface area contributed by atoms with Gasteiger partial charge < -0.3 is 5.43 Å². The third-order valence-electron chi connectivity index (χ3n) is 2.16. The molecule has 0 aliphatic heterocycles. The molecule has 18 heavy (non-hydrogen) atoms. The molecular formula is C9H15N3O4S2. The monoisotopic (exact) mass is 293 g/mol. The SMILES string of the molecule is CCNS(=O)(=O)c1cc(S(C)(=O)=O)ccc1NN. The second-order valence-corrected chi connectivity index (χ2v) is 7.33. The molecule has 0 aliphatic rings. The molecule has 102 valence electrons. The summed E-state index contributed by atoms with van der Waals surface area (Å²) in [5, 5.41) is 0. The highest BCUT2D eigenvalue weighted by Crippen LogP contribution is 2.24. The van der Waals surface area contributed by atoms with Crippen molar-refractivity contribution in [3.63, 3.8) is 0 Å². The molecule has 4 N–H and O–H groups in total. The van der Waals surface area contributed by atoms with Crippen molar-refractivity contribution in [1.29, 1.82) is 0 Å². The number of sulfonamides is 1. The van der Waals surface area contributed by atoms with Gasteiger partial charge in [0.1, 0.15) is 4.90 Å². The minimum Gasteiger partial charge on any atom is -0.323 e. The maximum Gasteiger partial charge on any atom is 0.242 e. The van der Waals surface area contributed by atoms with Crippen LogP contribution in [0.5, 0.6) is 0 Å². The molecule has 0 atom stereocenters. The Kier molecular flexibility index (Phi) is 4.32. The number of rotatable bonds is 5. The van der Waals surface area contributed by atoms with Crippen molar-refractivity contribution in [2.24, 2.45) is 5.84 Å². The van der Waals surface area contributed by atoms with E-state index in [0.717, 1.165) is 12.3 Å². The van der Waals surface area contributed by atoms with Gasteiger partial charge in [0, 0.05) is 12.8 Å². The van der Waals surface area contributed by atoms with Crippen molar-refractivity contribution in [3.8, 4) is 0 Å². The lowest BCUT2D eigenvalue weighted by molar-refractivity contribution is 0.584. The molecule has 0 radical (unpaired) electrons. The van der Waals surface area contributed by atoms with Crippen molar-refractivity contribution in [2.45, 2.75) is 16.7 Å². The number of sulfone groups is 1. The van der Waals surface area contributed by atoms with Crippen molar-refractivity contribution >= 4 is 25.5 Å². The van der Waals surface area contributed by atoms with Crippen molar-refractivity contribution in [2.75, 3.05) is 18.2 Å². The van der Waals surface area contributed by atoms with Crippen LogP contribution in [-0.2, 0) is 19.9 Å². The first kappa shape index (κ1) is 14.9. The van der Waals surface area contributed by atoms with Gasteiger partial charge in [-0.1, -0.05) is 6.92 Å². The Morgan fingerprint density at radius 2 is 1.83 bits per heavy atom. The molecule has 0 heterocycles. The third kappa shape index (κ3) is 3.19. The number of hydrogen-bond acceptors (Lipinski definition) is 6. The zero-order chi connectivity index (χ0) is 14.0. The topological polar surface area (TPSA) is 118 Å². The van der Waals surface area contributed by atoms with Gasteiger partial charge in [-0.25, -0.2) is 21.6 Å². The van der Waals surface area contributed by atoms with Crippen molar-refractivity contribution in [1.82, 2.24) is 4.72 Å². The van der Waals surface area contributed by atoms with Gasteiger partial charge in [-0.15, -0.1) is 0 Å². The van der Waals surface area contributed by atoms with E-state index in [1.54, 1.807) is 6.92 Å². The molecular weight excluding hydrogens is 278 g/mol. The molecule has 0 aliphatic carbocycles. The fourth-order valence-corrected chi connectivity index (χ4v) is 3.30. The summed E-state index contributed by atoms with van der Waals surface area (Å²) >= 11 is 0. The molecule has 0 saturated heterocycles. The predicted octanol–water partition coefficient (Wildman–Crippen LogP) is -0.326. The Morgan fingerprint density at radius 3 is 2.28 bits per heavy atom. The normalized spacial score (nSPS) is 12.4. The van der Waals surface area contributed by atoms with Crippen molar-refractivity contribution in [3.05, 3.63) is 18.2 Å². The van der Waals surface area contributed by atoms with E-state index in [4.69, 9.17) is 5.84 Å². The van der Waals surface area contributed by atoms with Crippen LogP contribution in [0.3, 0.4) is 0 Å². The first-order chi connectivity index (χ1) is 8.22. The summed E-state index contributed by atoms with van der Waals surface area (Å²) in [5.41, 5.74) is 2.35. The summed E-state index contributed by atoms with van der Waals surface area (Å²) in [6.07, 6.45) is 1.00. The van der Waals surface area contributed by atoms with Crippen LogP contribution in [0, 0.1) is 0 Å². The predicted molar refractivity (Wildman–Crippen MR) is 68.2 cm³/mol. The molecule has 1 aromatic carbocycles. The van der Waals surface area contributed by atoms with Crippen LogP contribution in [0.4, 0.5) is 5.69 Å². The summed E-state index contributed by atoms with van der Waals surface area (Å²) in [7, 11) is -7.28. The van der Waals surface area contributed by atoms with Crippen LogP contribution in [0.1, 0.15) is 6.92 Å². The number of nitrogens with two attached hydrogens (primary N) is 1. The highest BCUT2D eigenvalue weighted by Gasteiger charge is 2.20. The lowest BCUT2D eigenvalue weighted by atomic mass is 10.3. The summed E-state index contributed by atoms with van der Waals surface area (Å²) in [4.78, 5) is -0.284. The van der Waals surface area contributed by atoms with Gasteiger partial charge in [0.2, 0.25) is 10.0 Å². The van der Waals surface area contributed by atoms with Gasteiger partial charge in [0.25, 0.3) is 0 Å². The fraction of sp³-hybridized carbons (Fsp3) is 0.333. The smallest absolute Gasteiger partial charge is 0.242 e.